The third kappa shape index (κ3) is 10.1. The Bertz CT molecular complexity index is 637. The van der Waals surface area contributed by atoms with E-state index in [1.54, 1.807) is 0 Å². The molecule has 0 amide bonds. The zero-order chi connectivity index (χ0) is 19.7. The average molecular weight is 381 g/mol. The van der Waals surface area contributed by atoms with Gasteiger partial charge in [-0.25, -0.2) is 0 Å². The second kappa shape index (κ2) is 14.7. The molecule has 0 aromatic heterocycles. The molecule has 1 N–H and O–H groups in total. The minimum Gasteiger partial charge on any atom is -0.494 e. The number of ether oxygens (including phenoxy) is 1. The van der Waals surface area contributed by atoms with Crippen LogP contribution >= 0.6 is 0 Å². The first kappa shape index (κ1) is 22.0. The lowest BCUT2D eigenvalue weighted by Gasteiger charge is -2.06. The van der Waals surface area contributed by atoms with Gasteiger partial charge >= 0.3 is 0 Å². The van der Waals surface area contributed by atoms with Gasteiger partial charge in [0.2, 0.25) is 0 Å². The largest absolute Gasteiger partial charge is 0.494 e. The van der Waals surface area contributed by atoms with Gasteiger partial charge in [0, 0.05) is 0 Å². The van der Waals surface area contributed by atoms with Gasteiger partial charge in [0.05, 0.1) is 18.5 Å². The lowest BCUT2D eigenvalue weighted by atomic mass is 10.1. The van der Waals surface area contributed by atoms with Gasteiger partial charge in [0.1, 0.15) is 5.75 Å². The second-order valence-electron chi connectivity index (χ2n) is 7.34. The van der Waals surface area contributed by atoms with Crippen molar-refractivity contribution < 1.29 is 4.74 Å². The second-order valence-corrected chi connectivity index (χ2v) is 7.34. The van der Waals surface area contributed by atoms with E-state index in [9.17, 15) is 0 Å². The van der Waals surface area contributed by atoms with Gasteiger partial charge in [-0.1, -0.05) is 82.9 Å². The molecule has 0 spiro atoms. The fraction of sp³-hybridized carbons (Fsp3) is 0.480. The number of nitrogens with zero attached hydrogens (tertiary/aromatic N) is 1. The maximum absolute atomic E-state index is 5.85. The highest BCUT2D eigenvalue weighted by Gasteiger charge is 1.96. The topological polar surface area (TPSA) is 33.6 Å². The average Bonchev–Trinajstić information content (AvgIpc) is 2.74. The number of hydrogen-bond acceptors (Lipinski definition) is 3. The summed E-state index contributed by atoms with van der Waals surface area (Å²) in [5.41, 5.74) is 5.05. The van der Waals surface area contributed by atoms with Crippen molar-refractivity contribution in [3.63, 3.8) is 0 Å². The highest BCUT2D eigenvalue weighted by molar-refractivity contribution is 5.80. The zero-order valence-corrected chi connectivity index (χ0v) is 17.4. The Kier molecular flexibility index (Phi) is 11.6. The molecule has 0 bridgehead atoms. The van der Waals surface area contributed by atoms with Crippen molar-refractivity contribution in [2.75, 3.05) is 12.0 Å². The Balaban J connectivity index is 1.50. The molecule has 3 heteroatoms. The van der Waals surface area contributed by atoms with Crippen LogP contribution in [0.4, 0.5) is 5.69 Å². The van der Waals surface area contributed by atoms with Crippen LogP contribution < -0.4 is 10.2 Å². The van der Waals surface area contributed by atoms with E-state index in [0.29, 0.717) is 0 Å². The van der Waals surface area contributed by atoms with Crippen LogP contribution in [0.5, 0.6) is 5.75 Å². The van der Waals surface area contributed by atoms with Crippen molar-refractivity contribution >= 4 is 11.9 Å². The smallest absolute Gasteiger partial charge is 0.119 e. The van der Waals surface area contributed by atoms with Crippen LogP contribution in [0.15, 0.2) is 59.7 Å². The number of hydrogen-bond donors (Lipinski definition) is 1. The summed E-state index contributed by atoms with van der Waals surface area (Å²) in [7, 11) is 0. The molecule has 0 saturated carbocycles. The van der Waals surface area contributed by atoms with Gasteiger partial charge in [-0.2, -0.15) is 5.10 Å². The van der Waals surface area contributed by atoms with Gasteiger partial charge in [0.15, 0.2) is 0 Å². The summed E-state index contributed by atoms with van der Waals surface area (Å²) in [6.07, 6.45) is 15.3. The van der Waals surface area contributed by atoms with Crippen LogP contribution in [0.1, 0.15) is 76.7 Å². The van der Waals surface area contributed by atoms with Crippen molar-refractivity contribution in [2.45, 2.75) is 71.1 Å². The SMILES string of the molecule is CCCCCCCCCCCCOc1ccc(C=NNc2ccccc2)cc1. The molecule has 0 fully saturated rings. The number of unbranched alkanes of at least 4 members (excludes halogenated alkanes) is 9. The van der Waals surface area contributed by atoms with Gasteiger partial charge in [-0.15, -0.1) is 0 Å². The van der Waals surface area contributed by atoms with Crippen LogP contribution in [0, 0.1) is 0 Å². The Morgan fingerprint density at radius 2 is 1.36 bits per heavy atom. The van der Waals surface area contributed by atoms with Crippen molar-refractivity contribution in [1.82, 2.24) is 0 Å². The molecule has 0 aliphatic carbocycles. The number of para-hydroxylation sites is 1. The highest BCUT2D eigenvalue weighted by atomic mass is 16.5. The molecule has 0 saturated heterocycles. The van der Waals surface area contributed by atoms with Crippen LogP contribution in [0.2, 0.25) is 0 Å². The van der Waals surface area contributed by atoms with Crippen LogP contribution in [0.25, 0.3) is 0 Å². The van der Waals surface area contributed by atoms with Crippen molar-refractivity contribution in [3.8, 4) is 5.75 Å². The number of nitrogens with one attached hydrogen (secondary N) is 1. The molecule has 28 heavy (non-hydrogen) atoms. The van der Waals surface area contributed by atoms with Gasteiger partial charge < -0.3 is 4.74 Å². The molecule has 152 valence electrons. The zero-order valence-electron chi connectivity index (χ0n) is 17.4. The quantitative estimate of drug-likeness (QED) is 0.198. The highest BCUT2D eigenvalue weighted by Crippen LogP contribution is 2.14. The summed E-state index contributed by atoms with van der Waals surface area (Å²) in [5.74, 6) is 0.934. The lowest BCUT2D eigenvalue weighted by Crippen LogP contribution is -1.97. The van der Waals surface area contributed by atoms with Crippen LogP contribution in [0.3, 0.4) is 0 Å². The van der Waals surface area contributed by atoms with Crippen molar-refractivity contribution in [2.24, 2.45) is 5.10 Å². The first-order valence-corrected chi connectivity index (χ1v) is 11.0. The first-order chi connectivity index (χ1) is 13.9. The predicted molar refractivity (Wildman–Crippen MR) is 121 cm³/mol. The normalized spacial score (nSPS) is 11.0. The minimum atomic E-state index is 0.805. The Morgan fingerprint density at radius 3 is 2.00 bits per heavy atom. The maximum atomic E-state index is 5.85. The molecule has 0 radical (unpaired) electrons. The molecule has 2 rings (SSSR count). The number of rotatable bonds is 15. The third-order valence-corrected chi connectivity index (χ3v) is 4.83. The van der Waals surface area contributed by atoms with Gasteiger partial charge in [0.25, 0.3) is 0 Å². The minimum absolute atomic E-state index is 0.805. The van der Waals surface area contributed by atoms with E-state index in [1.165, 1.54) is 57.8 Å². The summed E-state index contributed by atoms with van der Waals surface area (Å²) < 4.78 is 5.85. The summed E-state index contributed by atoms with van der Waals surface area (Å²) >= 11 is 0. The monoisotopic (exact) mass is 380 g/mol. The molecule has 2 aromatic rings. The van der Waals surface area contributed by atoms with Crippen molar-refractivity contribution in [1.29, 1.82) is 0 Å². The summed E-state index contributed by atoms with van der Waals surface area (Å²) in [4.78, 5) is 0. The fourth-order valence-electron chi connectivity index (χ4n) is 3.12. The molecular weight excluding hydrogens is 344 g/mol. The lowest BCUT2D eigenvalue weighted by molar-refractivity contribution is 0.304. The van der Waals surface area contributed by atoms with E-state index >= 15 is 0 Å². The van der Waals surface area contributed by atoms with Crippen molar-refractivity contribution in [3.05, 3.63) is 60.2 Å². The standard InChI is InChI=1S/C25H36N2O/c1-2-3-4-5-6-7-8-9-10-14-21-28-25-19-17-23(18-20-25)22-26-27-24-15-12-11-13-16-24/h11-13,15-20,22,27H,2-10,14,21H2,1H3. The number of anilines is 1. The molecular formula is C25H36N2O. The first-order valence-electron chi connectivity index (χ1n) is 11.0. The molecule has 0 aliphatic heterocycles. The van der Waals surface area contributed by atoms with E-state index in [4.69, 9.17) is 4.74 Å². The van der Waals surface area contributed by atoms with E-state index in [0.717, 1.165) is 30.0 Å². The third-order valence-electron chi connectivity index (χ3n) is 4.83. The Morgan fingerprint density at radius 1 is 0.750 bits per heavy atom. The number of benzene rings is 2. The van der Waals surface area contributed by atoms with Crippen LogP contribution in [-0.4, -0.2) is 12.8 Å². The van der Waals surface area contributed by atoms with E-state index in [-0.39, 0.29) is 0 Å². The Hall–Kier alpha value is -2.29. The summed E-state index contributed by atoms with van der Waals surface area (Å²) in [5, 5.41) is 4.26. The predicted octanol–water partition coefficient (Wildman–Crippen LogP) is 7.43. The van der Waals surface area contributed by atoms with E-state index in [1.807, 2.05) is 60.8 Å². The van der Waals surface area contributed by atoms with Crippen LogP contribution in [-0.2, 0) is 0 Å². The van der Waals surface area contributed by atoms with Gasteiger partial charge in [-0.05, 0) is 48.4 Å². The number of hydrazone groups is 1. The fourth-order valence-corrected chi connectivity index (χ4v) is 3.12. The Labute approximate surface area is 171 Å². The molecule has 3 nitrogen and oxygen atoms in total. The van der Waals surface area contributed by atoms with E-state index < -0.39 is 0 Å². The maximum Gasteiger partial charge on any atom is 0.119 e. The molecule has 0 aliphatic rings. The summed E-state index contributed by atoms with van der Waals surface area (Å²) in [6, 6.07) is 18.0. The molecule has 0 atom stereocenters. The molecule has 0 heterocycles. The molecule has 0 unspecified atom stereocenters. The van der Waals surface area contributed by atoms with Gasteiger partial charge in [-0.3, -0.25) is 5.43 Å². The summed E-state index contributed by atoms with van der Waals surface area (Å²) in [6.45, 7) is 3.08. The van der Waals surface area contributed by atoms with E-state index in [2.05, 4.69) is 17.5 Å². The molecule has 2 aromatic carbocycles.